The SMILES string of the molecule is C=C(CC[C@@H](COS(=O)(=O)O)[C@H]1CC[C@H]2[C@@H]3CC[C@H]4C[C@H](OS(=O)(=O)O)[C@@H](O)C[C@]4(C)[C@H]3CC[C@]12C)[C@@H](C)CO. The zero-order chi connectivity index (χ0) is 29.7. The van der Waals surface area contributed by atoms with Crippen LogP contribution in [-0.2, 0) is 29.2 Å². The van der Waals surface area contributed by atoms with E-state index in [9.17, 15) is 36.2 Å². The van der Waals surface area contributed by atoms with Crippen molar-refractivity contribution in [2.45, 2.75) is 97.2 Å². The summed E-state index contributed by atoms with van der Waals surface area (Å²) in [5, 5.41) is 20.4. The number of hydrogen-bond donors (Lipinski definition) is 4. The van der Waals surface area contributed by atoms with Gasteiger partial charge in [-0.05, 0) is 116 Å². The Morgan fingerprint density at radius 1 is 1.00 bits per heavy atom. The van der Waals surface area contributed by atoms with Gasteiger partial charge in [-0.25, -0.2) is 8.37 Å². The summed E-state index contributed by atoms with van der Waals surface area (Å²) in [6.45, 7) is 10.5. The van der Waals surface area contributed by atoms with Crippen LogP contribution in [0.1, 0.15) is 85.0 Å². The third-order valence-electron chi connectivity index (χ3n) is 11.8. The average Bonchev–Trinajstić information content (AvgIpc) is 3.19. The zero-order valence-corrected chi connectivity index (χ0v) is 25.6. The van der Waals surface area contributed by atoms with Crippen molar-refractivity contribution in [1.82, 2.24) is 0 Å². The Labute approximate surface area is 239 Å². The molecule has 4 N–H and O–H groups in total. The van der Waals surface area contributed by atoms with Gasteiger partial charge in [0.15, 0.2) is 0 Å². The minimum Gasteiger partial charge on any atom is -0.396 e. The fourth-order valence-corrected chi connectivity index (χ4v) is 10.5. The van der Waals surface area contributed by atoms with E-state index in [1.165, 1.54) is 0 Å². The third-order valence-corrected chi connectivity index (χ3v) is 12.7. The first-order valence-corrected chi connectivity index (χ1v) is 17.5. The van der Waals surface area contributed by atoms with E-state index in [0.717, 1.165) is 44.1 Å². The molecule has 0 unspecified atom stereocenters. The molecule has 0 saturated heterocycles. The molecular formula is C28H48O10S2. The lowest BCUT2D eigenvalue weighted by atomic mass is 9.44. The van der Waals surface area contributed by atoms with Crippen molar-refractivity contribution in [3.8, 4) is 0 Å². The molecule has 0 aromatic heterocycles. The topological polar surface area (TPSA) is 168 Å². The van der Waals surface area contributed by atoms with Gasteiger partial charge in [0.05, 0.1) is 12.7 Å². The van der Waals surface area contributed by atoms with Gasteiger partial charge in [-0.15, -0.1) is 0 Å². The van der Waals surface area contributed by atoms with Crippen LogP contribution in [0.25, 0.3) is 0 Å². The fourth-order valence-electron chi connectivity index (χ4n) is 9.65. The van der Waals surface area contributed by atoms with Crippen molar-refractivity contribution in [1.29, 1.82) is 0 Å². The Bertz CT molecular complexity index is 1140. The van der Waals surface area contributed by atoms with Crippen LogP contribution in [0, 0.1) is 52.3 Å². The van der Waals surface area contributed by atoms with Crippen LogP contribution in [0.5, 0.6) is 0 Å². The Kier molecular flexibility index (Phi) is 9.55. The Balaban J connectivity index is 1.52. The molecule has 0 aromatic rings. The maximum atomic E-state index is 11.5. The van der Waals surface area contributed by atoms with E-state index >= 15 is 0 Å². The summed E-state index contributed by atoms with van der Waals surface area (Å²) >= 11 is 0. The first-order valence-electron chi connectivity index (χ1n) is 14.7. The molecule has 4 saturated carbocycles. The number of rotatable bonds is 11. The van der Waals surface area contributed by atoms with E-state index in [4.69, 9.17) is 8.37 Å². The Morgan fingerprint density at radius 2 is 1.68 bits per heavy atom. The average molecular weight is 609 g/mol. The largest absolute Gasteiger partial charge is 0.397 e. The highest BCUT2D eigenvalue weighted by Crippen LogP contribution is 2.68. The molecule has 4 rings (SSSR count). The summed E-state index contributed by atoms with van der Waals surface area (Å²) in [5.74, 6) is 1.54. The summed E-state index contributed by atoms with van der Waals surface area (Å²) < 4.78 is 74.0. The second-order valence-corrected chi connectivity index (χ2v) is 15.8. The van der Waals surface area contributed by atoms with Crippen LogP contribution in [0.3, 0.4) is 0 Å². The molecule has 10 nitrogen and oxygen atoms in total. The first kappa shape index (κ1) is 32.3. The molecule has 0 radical (unpaired) electrons. The molecule has 0 spiro atoms. The second kappa shape index (κ2) is 11.8. The van der Waals surface area contributed by atoms with Crippen LogP contribution in [0.15, 0.2) is 12.2 Å². The molecule has 0 heterocycles. The van der Waals surface area contributed by atoms with E-state index in [-0.39, 0.29) is 47.7 Å². The van der Waals surface area contributed by atoms with E-state index in [0.29, 0.717) is 43.4 Å². The molecule has 0 aliphatic heterocycles. The molecule has 12 heteroatoms. The van der Waals surface area contributed by atoms with Crippen LogP contribution in [0.2, 0.25) is 0 Å². The normalized spacial score (nSPS) is 41.4. The highest BCUT2D eigenvalue weighted by molar-refractivity contribution is 7.81. The van der Waals surface area contributed by atoms with Gasteiger partial charge >= 0.3 is 20.8 Å². The molecule has 0 bridgehead atoms. The van der Waals surface area contributed by atoms with Gasteiger partial charge < -0.3 is 10.2 Å². The second-order valence-electron chi connectivity index (χ2n) is 13.7. The third kappa shape index (κ3) is 6.64. The highest BCUT2D eigenvalue weighted by atomic mass is 32.3. The van der Waals surface area contributed by atoms with E-state index < -0.39 is 33.0 Å². The van der Waals surface area contributed by atoms with Gasteiger partial charge in [0.1, 0.15) is 6.10 Å². The van der Waals surface area contributed by atoms with Crippen LogP contribution in [-0.4, -0.2) is 61.6 Å². The van der Waals surface area contributed by atoms with Crippen molar-refractivity contribution < 1.29 is 44.5 Å². The van der Waals surface area contributed by atoms with Gasteiger partial charge in [0, 0.05) is 6.61 Å². The lowest BCUT2D eigenvalue weighted by Gasteiger charge is -2.62. The standard InChI is InChI=1S/C28H48O10S2/c1-17(18(2)15-29)5-6-19(16-37-39(31,32)33)22-9-10-23-21-8-7-20-13-26(38-40(34,35)36)25(30)14-28(20,4)24(21)11-12-27(22,23)3/h18-26,29-30H,1,5-16H2,2-4H3,(H,31,32,33)(H,34,35,36)/t18-,19-,20-,21-,22+,23-,24-,25-,26-,27+,28-/m0/s1. The minimum absolute atomic E-state index is 0.00838. The molecule has 4 aliphatic carbocycles. The van der Waals surface area contributed by atoms with Crippen molar-refractivity contribution in [3.05, 3.63) is 12.2 Å². The van der Waals surface area contributed by atoms with Crippen molar-refractivity contribution in [2.75, 3.05) is 13.2 Å². The van der Waals surface area contributed by atoms with Gasteiger partial charge in [-0.2, -0.15) is 16.8 Å². The van der Waals surface area contributed by atoms with Crippen LogP contribution in [0.4, 0.5) is 0 Å². The molecule has 232 valence electrons. The number of hydrogen-bond acceptors (Lipinski definition) is 8. The highest BCUT2D eigenvalue weighted by Gasteiger charge is 2.62. The summed E-state index contributed by atoms with van der Waals surface area (Å²) in [7, 11) is -9.21. The molecule has 11 atom stereocenters. The van der Waals surface area contributed by atoms with E-state index in [1.807, 2.05) is 6.92 Å². The number of aliphatic hydroxyl groups is 2. The smallest absolute Gasteiger partial charge is 0.396 e. The molecule has 4 fully saturated rings. The molecule has 0 amide bonds. The number of aliphatic hydroxyl groups excluding tert-OH is 2. The van der Waals surface area contributed by atoms with Gasteiger partial charge in [-0.1, -0.05) is 32.9 Å². The quantitative estimate of drug-likeness (QED) is 0.197. The van der Waals surface area contributed by atoms with Gasteiger partial charge in [0.25, 0.3) is 0 Å². The Hall–Kier alpha value is -0.600. The lowest BCUT2D eigenvalue weighted by molar-refractivity contribution is -0.157. The maximum absolute atomic E-state index is 11.5. The van der Waals surface area contributed by atoms with Crippen molar-refractivity contribution in [2.24, 2.45) is 52.3 Å². The zero-order valence-electron chi connectivity index (χ0n) is 23.9. The molecule has 4 aliphatic rings. The maximum Gasteiger partial charge on any atom is 0.397 e. The summed E-state index contributed by atoms with van der Waals surface area (Å²) in [6.07, 6.45) is 6.05. The van der Waals surface area contributed by atoms with E-state index in [1.54, 1.807) is 0 Å². The van der Waals surface area contributed by atoms with Crippen LogP contribution < -0.4 is 0 Å². The van der Waals surface area contributed by atoms with Gasteiger partial charge in [0.2, 0.25) is 0 Å². The first-order chi connectivity index (χ1) is 18.5. The predicted octanol–water partition coefficient (Wildman–Crippen LogP) is 4.20. The Morgan fingerprint density at radius 3 is 2.30 bits per heavy atom. The summed E-state index contributed by atoms with van der Waals surface area (Å²) in [6, 6.07) is 0. The molecule has 0 aromatic carbocycles. The predicted molar refractivity (Wildman–Crippen MR) is 149 cm³/mol. The minimum atomic E-state index is -4.64. The summed E-state index contributed by atoms with van der Waals surface area (Å²) in [4.78, 5) is 0. The van der Waals surface area contributed by atoms with E-state index in [2.05, 4.69) is 20.4 Å². The monoisotopic (exact) mass is 608 g/mol. The van der Waals surface area contributed by atoms with Crippen molar-refractivity contribution in [3.63, 3.8) is 0 Å². The lowest BCUT2D eigenvalue weighted by Crippen LogP contribution is -2.57. The fraction of sp³-hybridized carbons (Fsp3) is 0.929. The van der Waals surface area contributed by atoms with Gasteiger partial charge in [-0.3, -0.25) is 9.11 Å². The van der Waals surface area contributed by atoms with Crippen LogP contribution >= 0.6 is 0 Å². The summed E-state index contributed by atoms with van der Waals surface area (Å²) in [5.41, 5.74) is 0.735. The molecular weight excluding hydrogens is 560 g/mol. The molecule has 40 heavy (non-hydrogen) atoms. The number of fused-ring (bicyclic) bond motifs is 5. The van der Waals surface area contributed by atoms with Crippen molar-refractivity contribution >= 4 is 20.8 Å².